The molecule has 4 aliphatic rings. The largest absolute Gasteiger partial charge is 0.496 e. The summed E-state index contributed by atoms with van der Waals surface area (Å²) in [7, 11) is 10.6. The SMILES string of the molecule is COC(=O)CNC(=O)O[C@@H](C)[C@H]1[C@H](CO)ON(Cc2cccc(-c3cc(C(=O)N[C@@H](Cc4ccccc4)CN(C)C)cc(N(C)C)c3)c2OC)[C@@H]1C(=O)N[C@H]1C[C@H]2C[C@@H]([C@@H]1C)C2(C)C. The van der Waals surface area contributed by atoms with E-state index in [0.29, 0.717) is 41.7 Å². The lowest BCUT2D eigenvalue weighted by atomic mass is 9.45. The minimum atomic E-state index is -0.995. The number of methoxy groups -OCH3 is 2. The van der Waals surface area contributed by atoms with Crippen LogP contribution in [0.4, 0.5) is 10.5 Å². The minimum absolute atomic E-state index is 0.0638. The average Bonchev–Trinajstić information content (AvgIpc) is 3.64. The smallest absolute Gasteiger partial charge is 0.407 e. The Kier molecular flexibility index (Phi) is 15.6. The van der Waals surface area contributed by atoms with E-state index in [4.69, 9.17) is 14.3 Å². The molecule has 2 bridgehead atoms. The van der Waals surface area contributed by atoms with Crippen LogP contribution in [0.15, 0.2) is 66.7 Å². The molecule has 4 fully saturated rings. The van der Waals surface area contributed by atoms with Crippen molar-refractivity contribution < 1.29 is 43.3 Å². The van der Waals surface area contributed by atoms with Gasteiger partial charge in [-0.1, -0.05) is 69.3 Å². The highest BCUT2D eigenvalue weighted by molar-refractivity contribution is 5.97. The van der Waals surface area contributed by atoms with Crippen LogP contribution in [0.2, 0.25) is 0 Å². The third-order valence-electron chi connectivity index (χ3n) is 13.8. The molecule has 1 aliphatic heterocycles. The molecular weight excluding hydrogens is 817 g/mol. The molecule has 0 aromatic heterocycles. The van der Waals surface area contributed by atoms with E-state index in [1.54, 1.807) is 19.1 Å². The number of anilines is 1. The molecule has 15 heteroatoms. The molecule has 15 nitrogen and oxygen atoms in total. The summed E-state index contributed by atoms with van der Waals surface area (Å²) in [6.07, 6.45) is -0.0509. The molecular formula is C49H68N6O9. The predicted molar refractivity (Wildman–Crippen MR) is 245 cm³/mol. The molecule has 9 atom stereocenters. The number of aliphatic hydroxyl groups is 1. The highest BCUT2D eigenvalue weighted by Crippen LogP contribution is 2.61. The first-order chi connectivity index (χ1) is 30.4. The van der Waals surface area contributed by atoms with Crippen molar-refractivity contribution in [3.8, 4) is 16.9 Å². The molecule has 0 radical (unpaired) electrons. The number of nitrogens with one attached hydrogen (secondary N) is 3. The fraction of sp³-hybridized carbons (Fsp3) is 0.551. The van der Waals surface area contributed by atoms with Crippen molar-refractivity contribution >= 4 is 29.6 Å². The number of esters is 1. The number of ether oxygens (including phenoxy) is 3. The summed E-state index contributed by atoms with van der Waals surface area (Å²) in [4.78, 5) is 63.9. The van der Waals surface area contributed by atoms with Crippen LogP contribution in [0.1, 0.15) is 62.0 Å². The number of rotatable bonds is 18. The van der Waals surface area contributed by atoms with E-state index in [0.717, 1.165) is 35.2 Å². The van der Waals surface area contributed by atoms with Gasteiger partial charge in [0.25, 0.3) is 5.91 Å². The van der Waals surface area contributed by atoms with E-state index in [2.05, 4.69) is 58.5 Å². The lowest BCUT2D eigenvalue weighted by Crippen LogP contribution is -2.62. The van der Waals surface area contributed by atoms with Crippen molar-refractivity contribution in [2.75, 3.05) is 67.0 Å². The Hall–Kier alpha value is -5.22. The van der Waals surface area contributed by atoms with Gasteiger partial charge in [-0.15, -0.1) is 0 Å². The summed E-state index contributed by atoms with van der Waals surface area (Å²) in [5.74, 6) is -0.218. The van der Waals surface area contributed by atoms with Crippen LogP contribution >= 0.6 is 0 Å². The highest BCUT2D eigenvalue weighted by atomic mass is 16.7. The third-order valence-corrected chi connectivity index (χ3v) is 13.8. The van der Waals surface area contributed by atoms with Crippen LogP contribution in [0.3, 0.4) is 0 Å². The first-order valence-electron chi connectivity index (χ1n) is 22.3. The molecule has 7 rings (SSSR count). The van der Waals surface area contributed by atoms with Crippen LogP contribution in [-0.2, 0) is 36.9 Å². The van der Waals surface area contributed by atoms with Crippen LogP contribution in [0.25, 0.3) is 11.1 Å². The fourth-order valence-corrected chi connectivity index (χ4v) is 10.2. The summed E-state index contributed by atoms with van der Waals surface area (Å²) >= 11 is 0. The molecule has 0 spiro atoms. The van der Waals surface area contributed by atoms with Crippen LogP contribution < -0.4 is 25.6 Å². The maximum Gasteiger partial charge on any atom is 0.407 e. The lowest BCUT2D eigenvalue weighted by Gasteiger charge is -2.62. The molecule has 1 heterocycles. The van der Waals surface area contributed by atoms with E-state index in [1.807, 2.05) is 87.7 Å². The van der Waals surface area contributed by atoms with Crippen LogP contribution in [-0.4, -0.2) is 131 Å². The number of carbonyl (C=O) groups is 4. The van der Waals surface area contributed by atoms with Crippen molar-refractivity contribution in [2.45, 2.75) is 83.8 Å². The van der Waals surface area contributed by atoms with E-state index in [1.165, 1.54) is 7.11 Å². The molecule has 3 amide bonds. The van der Waals surface area contributed by atoms with Crippen molar-refractivity contribution in [3.63, 3.8) is 0 Å². The first kappa shape index (κ1) is 48.2. The minimum Gasteiger partial charge on any atom is -0.496 e. The van der Waals surface area contributed by atoms with Gasteiger partial charge in [0.2, 0.25) is 5.91 Å². The van der Waals surface area contributed by atoms with Gasteiger partial charge in [0, 0.05) is 55.1 Å². The quantitative estimate of drug-likeness (QED) is 0.128. The number of para-hydroxylation sites is 1. The number of aliphatic hydroxyl groups excluding tert-OH is 1. The van der Waals surface area contributed by atoms with E-state index < -0.39 is 49.4 Å². The molecule has 64 heavy (non-hydrogen) atoms. The molecule has 3 saturated carbocycles. The third kappa shape index (κ3) is 10.8. The molecule has 3 aliphatic carbocycles. The second-order valence-electron chi connectivity index (χ2n) is 18.8. The predicted octanol–water partition coefficient (Wildman–Crippen LogP) is 4.90. The Morgan fingerprint density at radius 3 is 2.34 bits per heavy atom. The number of hydrogen-bond donors (Lipinski definition) is 4. The average molecular weight is 885 g/mol. The van der Waals surface area contributed by atoms with Crippen molar-refractivity contribution in [3.05, 3.63) is 83.4 Å². The number of amides is 3. The number of fused-ring (bicyclic) bond motifs is 2. The van der Waals surface area contributed by atoms with Gasteiger partial charge in [-0.3, -0.25) is 19.2 Å². The first-order valence-corrected chi connectivity index (χ1v) is 22.3. The van der Waals surface area contributed by atoms with Crippen LogP contribution in [0, 0.1) is 29.1 Å². The Labute approximate surface area is 378 Å². The summed E-state index contributed by atoms with van der Waals surface area (Å²) in [6, 6.07) is 20.3. The summed E-state index contributed by atoms with van der Waals surface area (Å²) in [6.45, 7) is 8.32. The van der Waals surface area contributed by atoms with Gasteiger partial charge >= 0.3 is 12.1 Å². The maximum atomic E-state index is 14.7. The van der Waals surface area contributed by atoms with E-state index in [9.17, 15) is 24.3 Å². The number of carbonyl (C=O) groups excluding carboxylic acids is 4. The van der Waals surface area contributed by atoms with Crippen molar-refractivity contribution in [1.29, 1.82) is 0 Å². The second kappa shape index (κ2) is 20.7. The second-order valence-corrected chi connectivity index (χ2v) is 18.8. The van der Waals surface area contributed by atoms with Crippen molar-refractivity contribution in [1.82, 2.24) is 25.9 Å². The zero-order valence-corrected chi connectivity index (χ0v) is 39.1. The van der Waals surface area contributed by atoms with Gasteiger partial charge in [0.1, 0.15) is 30.5 Å². The van der Waals surface area contributed by atoms with Crippen molar-refractivity contribution in [2.24, 2.45) is 29.1 Å². The number of likely N-dealkylation sites (N-methyl/N-ethyl adjacent to an activating group) is 1. The summed E-state index contributed by atoms with van der Waals surface area (Å²) in [5, 5.41) is 21.3. The molecule has 1 saturated heterocycles. The zero-order valence-electron chi connectivity index (χ0n) is 39.1. The number of hydroxylamine groups is 2. The lowest BCUT2D eigenvalue weighted by molar-refractivity contribution is -0.183. The van der Waals surface area contributed by atoms with Gasteiger partial charge < -0.3 is 45.1 Å². The zero-order chi connectivity index (χ0) is 46.5. The molecule has 0 unspecified atom stereocenters. The Balaban J connectivity index is 1.31. The normalized spacial score (nSPS) is 24.5. The number of alkyl carbamates (subject to hydrolysis) is 1. The van der Waals surface area contributed by atoms with Gasteiger partial charge in [-0.05, 0) is 92.8 Å². The number of hydrogen-bond acceptors (Lipinski definition) is 12. The maximum absolute atomic E-state index is 14.7. The van der Waals surface area contributed by atoms with Gasteiger partial charge in [0.05, 0.1) is 33.3 Å². The van der Waals surface area contributed by atoms with Gasteiger partial charge in [-0.2, -0.15) is 5.06 Å². The van der Waals surface area contributed by atoms with Crippen LogP contribution in [0.5, 0.6) is 5.75 Å². The van der Waals surface area contributed by atoms with E-state index in [-0.39, 0.29) is 41.8 Å². The fourth-order valence-electron chi connectivity index (χ4n) is 10.2. The van der Waals surface area contributed by atoms with Gasteiger partial charge in [0.15, 0.2) is 0 Å². The number of nitrogens with zero attached hydrogens (tertiary/aromatic N) is 3. The molecule has 4 N–H and O–H groups in total. The Bertz CT molecular complexity index is 2110. The molecule has 3 aromatic rings. The summed E-state index contributed by atoms with van der Waals surface area (Å²) < 4.78 is 16.5. The number of benzene rings is 3. The monoisotopic (exact) mass is 885 g/mol. The molecule has 3 aromatic carbocycles. The Morgan fingerprint density at radius 1 is 0.984 bits per heavy atom. The highest BCUT2D eigenvalue weighted by Gasteiger charge is 2.57. The van der Waals surface area contributed by atoms with Gasteiger partial charge in [-0.25, -0.2) is 4.79 Å². The molecule has 348 valence electrons. The standard InChI is InChI=1S/C49H68N6O9/c1-29-39-23-35(49(39,3)4)24-40(29)52-47(59)44-43(30(2)63-48(60)50-25-42(57)61-9)41(28-56)64-55(44)26-32-17-14-18-38(45(32)62-10)33-20-34(22-37(21-33)54(7)8)46(58)51-36(27-53(5)6)19-31-15-12-11-13-16-31/h11-18,20-22,29-30,35-36,39-41,43-44,56H,19,23-28H2,1-10H3,(H,50,60)(H,51,58)(H,52,59)/t29-,30-,35+,36-,39-,40-,41-,43-,44-/m0/s1. The summed E-state index contributed by atoms with van der Waals surface area (Å²) in [5.41, 5.74) is 4.80. The Morgan fingerprint density at radius 2 is 1.72 bits per heavy atom. The van der Waals surface area contributed by atoms with E-state index >= 15 is 0 Å². The topological polar surface area (TPSA) is 171 Å².